The van der Waals surface area contributed by atoms with E-state index in [1.165, 1.54) is 0 Å². The smallest absolute Gasteiger partial charge is 0.352 e. The minimum absolute atomic E-state index is 0.162. The number of nitrogens with one attached hydrogen (secondary N) is 3. The van der Waals surface area contributed by atoms with E-state index >= 15 is 0 Å². The Bertz CT molecular complexity index is 1070. The number of fused-ring (bicyclic) bond motifs is 1. The van der Waals surface area contributed by atoms with E-state index in [0.29, 0.717) is 17.4 Å². The van der Waals surface area contributed by atoms with Crippen LogP contribution < -0.4 is 20.9 Å². The second kappa shape index (κ2) is 10.5. The van der Waals surface area contributed by atoms with Crippen LogP contribution in [0.25, 0.3) is 11.0 Å². The van der Waals surface area contributed by atoms with Crippen molar-refractivity contribution in [2.75, 3.05) is 50.5 Å². The van der Waals surface area contributed by atoms with Crippen molar-refractivity contribution in [3.8, 4) is 0 Å². The molecule has 2 fully saturated rings. The molecule has 2 aliphatic rings. The molecule has 3 aromatic heterocycles. The Balaban J connectivity index is 0.000000821. The second-order valence-electron chi connectivity index (χ2n) is 8.24. The van der Waals surface area contributed by atoms with Gasteiger partial charge >= 0.3 is 5.97 Å². The van der Waals surface area contributed by atoms with E-state index in [2.05, 4.69) is 40.8 Å². The van der Waals surface area contributed by atoms with Gasteiger partial charge in [0.2, 0.25) is 5.95 Å². The fraction of sp³-hybridized carbons (Fsp3) is 0.500. The van der Waals surface area contributed by atoms with Gasteiger partial charge in [0.25, 0.3) is 0 Å². The average Bonchev–Trinajstić information content (AvgIpc) is 3.48. The molecule has 0 unspecified atom stereocenters. The van der Waals surface area contributed by atoms with E-state index < -0.39 is 5.97 Å². The van der Waals surface area contributed by atoms with Gasteiger partial charge < -0.3 is 30.5 Å². The maximum Gasteiger partial charge on any atom is 0.352 e. The third-order valence-electron chi connectivity index (χ3n) is 5.80. The number of hydrogen-bond acceptors (Lipinski definition) is 9. The maximum absolute atomic E-state index is 11.8. The number of piperazine rings is 1. The molecular formula is C22H31N9O2. The first-order valence-corrected chi connectivity index (χ1v) is 11.3. The van der Waals surface area contributed by atoms with Gasteiger partial charge in [-0.1, -0.05) is 12.8 Å². The van der Waals surface area contributed by atoms with Crippen molar-refractivity contribution in [3.63, 3.8) is 0 Å². The van der Waals surface area contributed by atoms with Crippen LogP contribution in [0.5, 0.6) is 0 Å². The Morgan fingerprint density at radius 1 is 1.09 bits per heavy atom. The van der Waals surface area contributed by atoms with Crippen molar-refractivity contribution < 1.29 is 9.90 Å². The molecule has 0 radical (unpaired) electrons. The number of rotatable bonds is 5. The lowest BCUT2D eigenvalue weighted by Crippen LogP contribution is -2.43. The van der Waals surface area contributed by atoms with E-state index in [1.54, 1.807) is 24.7 Å². The third-order valence-corrected chi connectivity index (χ3v) is 5.80. The highest BCUT2D eigenvalue weighted by atomic mass is 16.4. The zero-order valence-corrected chi connectivity index (χ0v) is 19.1. The Labute approximate surface area is 192 Å². The molecule has 1 saturated carbocycles. The largest absolute Gasteiger partial charge is 0.477 e. The van der Waals surface area contributed by atoms with Crippen molar-refractivity contribution in [3.05, 3.63) is 30.4 Å². The summed E-state index contributed by atoms with van der Waals surface area (Å²) < 4.78 is 1.86. The highest BCUT2D eigenvalue weighted by Gasteiger charge is 2.25. The number of anilines is 3. The van der Waals surface area contributed by atoms with Crippen molar-refractivity contribution in [2.45, 2.75) is 31.7 Å². The van der Waals surface area contributed by atoms with Gasteiger partial charge in [-0.25, -0.2) is 19.7 Å². The van der Waals surface area contributed by atoms with Crippen LogP contribution in [0.15, 0.2) is 24.7 Å². The quantitative estimate of drug-likeness (QED) is 0.455. The molecule has 0 bridgehead atoms. The molecule has 0 spiro atoms. The molecule has 5 rings (SSSR count). The molecule has 4 heterocycles. The molecule has 4 N–H and O–H groups in total. The summed E-state index contributed by atoms with van der Waals surface area (Å²) >= 11 is 0. The SMILES string of the molecule is CNC.O=C(O)c1cc2cnc(Nc3cnc(N4CCNCC4)cn3)nc2n1C1CCCC1. The summed E-state index contributed by atoms with van der Waals surface area (Å²) in [5.41, 5.74) is 0.908. The first-order chi connectivity index (χ1) is 16.1. The minimum Gasteiger partial charge on any atom is -0.477 e. The fourth-order valence-electron chi connectivity index (χ4n) is 4.32. The fourth-order valence-corrected chi connectivity index (χ4v) is 4.32. The van der Waals surface area contributed by atoms with E-state index in [9.17, 15) is 9.90 Å². The second-order valence-corrected chi connectivity index (χ2v) is 8.24. The topological polar surface area (TPSA) is 133 Å². The van der Waals surface area contributed by atoms with Gasteiger partial charge in [0.15, 0.2) is 5.82 Å². The summed E-state index contributed by atoms with van der Waals surface area (Å²) in [6, 6.07) is 1.82. The number of carbonyl (C=O) groups is 1. The molecule has 1 aliphatic carbocycles. The van der Waals surface area contributed by atoms with Gasteiger partial charge in [-0.2, -0.15) is 4.98 Å². The number of aromatic nitrogens is 5. The first kappa shape index (κ1) is 22.9. The lowest BCUT2D eigenvalue weighted by atomic mass is 10.2. The molecular weight excluding hydrogens is 422 g/mol. The van der Waals surface area contributed by atoms with Crippen molar-refractivity contribution in [1.82, 2.24) is 35.1 Å². The average molecular weight is 454 g/mol. The van der Waals surface area contributed by atoms with Crippen molar-refractivity contribution in [2.24, 2.45) is 0 Å². The number of aromatic carboxylic acids is 1. The summed E-state index contributed by atoms with van der Waals surface area (Å²) in [7, 11) is 3.75. The zero-order chi connectivity index (χ0) is 23.2. The van der Waals surface area contributed by atoms with Crippen LogP contribution in [0, 0.1) is 0 Å². The molecule has 176 valence electrons. The summed E-state index contributed by atoms with van der Waals surface area (Å²) in [6.07, 6.45) is 9.22. The molecule has 11 heteroatoms. The molecule has 3 aromatic rings. The number of carboxylic acid groups (broad SMARTS) is 1. The molecule has 1 saturated heterocycles. The predicted octanol–water partition coefficient (Wildman–Crippen LogP) is 2.02. The van der Waals surface area contributed by atoms with Crippen LogP contribution in [0.2, 0.25) is 0 Å². The Hall–Kier alpha value is -3.31. The van der Waals surface area contributed by atoms with Crippen LogP contribution in [-0.4, -0.2) is 75.9 Å². The van der Waals surface area contributed by atoms with E-state index in [4.69, 9.17) is 0 Å². The number of carboxylic acids is 1. The monoisotopic (exact) mass is 453 g/mol. The van der Waals surface area contributed by atoms with Crippen molar-refractivity contribution >= 4 is 34.6 Å². The van der Waals surface area contributed by atoms with Gasteiger partial charge in [-0.3, -0.25) is 0 Å². The highest BCUT2D eigenvalue weighted by Crippen LogP contribution is 2.34. The summed E-state index contributed by atoms with van der Waals surface area (Å²) in [5.74, 6) is 0.829. The molecule has 0 atom stereocenters. The van der Waals surface area contributed by atoms with E-state index in [1.807, 2.05) is 18.7 Å². The third kappa shape index (κ3) is 5.20. The Kier molecular flexibility index (Phi) is 7.30. The van der Waals surface area contributed by atoms with Gasteiger partial charge in [-0.05, 0) is 33.0 Å². The Morgan fingerprint density at radius 2 is 1.82 bits per heavy atom. The molecule has 33 heavy (non-hydrogen) atoms. The van der Waals surface area contributed by atoms with Crippen LogP contribution in [0.1, 0.15) is 42.2 Å². The Morgan fingerprint density at radius 3 is 2.45 bits per heavy atom. The molecule has 11 nitrogen and oxygen atoms in total. The lowest BCUT2D eigenvalue weighted by Gasteiger charge is -2.28. The van der Waals surface area contributed by atoms with Crippen molar-refractivity contribution in [1.29, 1.82) is 0 Å². The maximum atomic E-state index is 11.8. The zero-order valence-electron chi connectivity index (χ0n) is 19.1. The normalized spacial score (nSPS) is 16.5. The van der Waals surface area contributed by atoms with Gasteiger partial charge in [0, 0.05) is 43.8 Å². The van der Waals surface area contributed by atoms with E-state index in [0.717, 1.165) is 63.1 Å². The molecule has 0 amide bonds. The van der Waals surface area contributed by atoms with Gasteiger partial charge in [0.05, 0.1) is 12.4 Å². The van der Waals surface area contributed by atoms with E-state index in [-0.39, 0.29) is 11.7 Å². The van der Waals surface area contributed by atoms with Gasteiger partial charge in [0.1, 0.15) is 17.2 Å². The minimum atomic E-state index is -0.941. The summed E-state index contributed by atoms with van der Waals surface area (Å²) in [5, 5.41) is 19.5. The lowest BCUT2D eigenvalue weighted by molar-refractivity contribution is 0.0683. The first-order valence-electron chi connectivity index (χ1n) is 11.3. The van der Waals surface area contributed by atoms with Crippen LogP contribution in [0.3, 0.4) is 0 Å². The summed E-state index contributed by atoms with van der Waals surface area (Å²) in [6.45, 7) is 3.69. The van der Waals surface area contributed by atoms with Gasteiger partial charge in [-0.15, -0.1) is 0 Å². The number of nitrogens with zero attached hydrogens (tertiary/aromatic N) is 6. The highest BCUT2D eigenvalue weighted by molar-refractivity contribution is 5.93. The summed E-state index contributed by atoms with van der Waals surface area (Å²) in [4.78, 5) is 31.9. The number of hydrogen-bond donors (Lipinski definition) is 4. The standard InChI is InChI=1S/C20H24N8O2.C2H7N/c29-19(30)15-9-13-10-24-20(26-18(13)28(15)14-3-1-2-4-14)25-16-11-23-17(12-22-16)27-7-5-21-6-8-27;1-3-2/h9-12,14,21H,1-8H2,(H,29,30)(H,22,24,25,26);3H,1-2H3. The predicted molar refractivity (Wildman–Crippen MR) is 127 cm³/mol. The van der Waals surface area contributed by atoms with Crippen LogP contribution >= 0.6 is 0 Å². The molecule has 1 aliphatic heterocycles. The van der Waals surface area contributed by atoms with Crippen LogP contribution in [0.4, 0.5) is 17.6 Å². The van der Waals surface area contributed by atoms with Crippen LogP contribution in [-0.2, 0) is 0 Å². The molecule has 0 aromatic carbocycles.